The van der Waals surface area contributed by atoms with Crippen molar-refractivity contribution in [3.63, 3.8) is 0 Å². The van der Waals surface area contributed by atoms with E-state index in [2.05, 4.69) is 5.32 Å². The number of rotatable bonds is 10. The molecule has 2 aromatic rings. The number of alkyl carbamates (subject to hydrolysis) is 1. The van der Waals surface area contributed by atoms with Crippen LogP contribution in [0.5, 0.6) is 11.5 Å². The number of benzene rings is 2. The number of methoxy groups -OCH3 is 1. The lowest BCUT2D eigenvalue weighted by atomic mass is 10.0. The van der Waals surface area contributed by atoms with Crippen molar-refractivity contribution in [1.29, 1.82) is 0 Å². The van der Waals surface area contributed by atoms with Gasteiger partial charge in [0.05, 0.1) is 12.5 Å². The summed E-state index contributed by atoms with van der Waals surface area (Å²) in [5.74, 6) is -0.290. The van der Waals surface area contributed by atoms with E-state index in [0.717, 1.165) is 5.41 Å². The molecule has 10 nitrogen and oxygen atoms in total. The van der Waals surface area contributed by atoms with Crippen molar-refractivity contribution in [2.24, 2.45) is 0 Å². The average Bonchev–Trinajstić information content (AvgIpc) is 2.85. The van der Waals surface area contributed by atoms with Gasteiger partial charge in [-0.1, -0.05) is 65.8 Å². The molecule has 2 N–H and O–H groups in total. The zero-order valence-corrected chi connectivity index (χ0v) is 28.5. The van der Waals surface area contributed by atoms with Crippen LogP contribution in [0.3, 0.4) is 0 Å². The molecule has 0 aliphatic heterocycles. The van der Waals surface area contributed by atoms with Gasteiger partial charge in [-0.2, -0.15) is 8.42 Å². The minimum Gasteiger partial charge on any atom is -0.519 e. The molecule has 2 rings (SSSR count). The Labute approximate surface area is 256 Å². The number of carbonyl (C=O) groups is 2. The van der Waals surface area contributed by atoms with Crippen molar-refractivity contribution < 1.29 is 40.9 Å². The second-order valence-electron chi connectivity index (χ2n) is 13.2. The molecule has 0 aliphatic rings. The third-order valence-corrected chi connectivity index (χ3v) is 11.8. The predicted octanol–water partition coefficient (Wildman–Crippen LogP) is 6.09. The molecule has 0 fully saturated rings. The zero-order valence-electron chi connectivity index (χ0n) is 26.7. The largest absolute Gasteiger partial charge is 0.519 e. The van der Waals surface area contributed by atoms with Gasteiger partial charge < -0.3 is 28.2 Å². The number of ether oxygens (including phenoxy) is 2. The topological polar surface area (TPSA) is 137 Å². The number of para-hydroxylation sites is 1. The molecule has 238 valence electrons. The van der Waals surface area contributed by atoms with Gasteiger partial charge in [0.25, 0.3) is 0 Å². The Hall–Kier alpha value is -3.35. The van der Waals surface area contributed by atoms with Gasteiger partial charge in [0.2, 0.25) is 0 Å². The van der Waals surface area contributed by atoms with E-state index in [-0.39, 0.29) is 17.9 Å². The molecule has 2 aromatic carbocycles. The van der Waals surface area contributed by atoms with E-state index >= 15 is 0 Å². The number of esters is 1. The first-order valence-corrected chi connectivity index (χ1v) is 17.2. The highest BCUT2D eigenvalue weighted by Crippen LogP contribution is 2.50. The molecule has 0 bridgehead atoms. The molecule has 0 saturated carbocycles. The van der Waals surface area contributed by atoms with Crippen LogP contribution in [0.15, 0.2) is 53.9 Å². The Morgan fingerprint density at radius 2 is 1.53 bits per heavy atom. The summed E-state index contributed by atoms with van der Waals surface area (Å²) in [7, 11) is -6.50. The highest BCUT2D eigenvalue weighted by Gasteiger charge is 2.57. The molecular weight excluding hydrogens is 590 g/mol. The second kappa shape index (κ2) is 13.5. The maximum Gasteiger partial charge on any atom is 0.408 e. The first kappa shape index (κ1) is 35.8. The maximum atomic E-state index is 12.8. The lowest BCUT2D eigenvalue weighted by Gasteiger charge is -2.45. The van der Waals surface area contributed by atoms with Crippen LogP contribution in [0.25, 0.3) is 6.08 Å². The van der Waals surface area contributed by atoms with Gasteiger partial charge in [0.15, 0.2) is 0 Å². The summed E-state index contributed by atoms with van der Waals surface area (Å²) in [5, 5.41) is 2.21. The van der Waals surface area contributed by atoms with E-state index in [1.165, 1.54) is 25.3 Å². The molecule has 0 heterocycles. The van der Waals surface area contributed by atoms with Crippen LogP contribution in [0.4, 0.5) is 4.79 Å². The summed E-state index contributed by atoms with van der Waals surface area (Å²) in [6.07, 6.45) is 0.519. The lowest BCUT2D eigenvalue weighted by Crippen LogP contribution is -2.57. The van der Waals surface area contributed by atoms with E-state index in [1.807, 2.05) is 41.5 Å². The van der Waals surface area contributed by atoms with Crippen molar-refractivity contribution in [2.75, 3.05) is 7.11 Å². The Bertz CT molecular complexity index is 1390. The second-order valence-corrected chi connectivity index (χ2v) is 19.2. The molecule has 0 aliphatic carbocycles. The summed E-state index contributed by atoms with van der Waals surface area (Å²) >= 11 is 0. The standard InChI is InChI=1S/C31H45NO9SSi/c1-29(2,3)39-28(34)32-25(27(33)38-10)21-22-16-17-26(41-43(37,30(4,5)6)31(7,8)9)23(20-22)18-19-42(35,36)40-24-14-12-11-13-15-24/h11-20,25,37H,21H2,1-10H3,(H,32,34)/b19-18+/t25-/m0/s1. The monoisotopic (exact) mass is 635 g/mol. The van der Waals surface area contributed by atoms with Crippen LogP contribution in [-0.2, 0) is 30.8 Å². The van der Waals surface area contributed by atoms with Crippen LogP contribution >= 0.6 is 0 Å². The molecule has 12 heteroatoms. The van der Waals surface area contributed by atoms with Crippen molar-refractivity contribution >= 4 is 36.8 Å². The molecule has 0 spiro atoms. The minimum absolute atomic E-state index is 0.000535. The first-order chi connectivity index (χ1) is 19.6. The quantitative estimate of drug-likeness (QED) is 0.181. The maximum absolute atomic E-state index is 12.8. The zero-order chi connectivity index (χ0) is 32.9. The molecule has 1 amide bonds. The Balaban J connectivity index is 2.56. The Morgan fingerprint density at radius 3 is 2.05 bits per heavy atom. The number of hydrogen-bond donors (Lipinski definition) is 2. The van der Waals surface area contributed by atoms with E-state index in [0.29, 0.717) is 11.1 Å². The molecular formula is C31H45NO9SSi. The summed E-state index contributed by atoms with van der Waals surface area (Å²) in [5.41, 5.74) is 0.0881. The van der Waals surface area contributed by atoms with Crippen LogP contribution in [0.1, 0.15) is 73.4 Å². The first-order valence-electron chi connectivity index (χ1n) is 13.9. The smallest absolute Gasteiger partial charge is 0.408 e. The summed E-state index contributed by atoms with van der Waals surface area (Å²) in [6.45, 7) is 16.5. The summed E-state index contributed by atoms with van der Waals surface area (Å²) in [6, 6.07) is 11.9. The van der Waals surface area contributed by atoms with Crippen LogP contribution in [-0.4, -0.2) is 52.6 Å². The SMILES string of the molecule is COC(=O)[C@H](Cc1ccc(O[Si](O)(C(C)(C)C)C(C)(C)C)c(/C=C/S(=O)(=O)Oc2ccccc2)c1)NC(=O)OC(C)(C)C. The predicted molar refractivity (Wildman–Crippen MR) is 168 cm³/mol. The lowest BCUT2D eigenvalue weighted by molar-refractivity contribution is -0.143. The molecule has 0 saturated heterocycles. The van der Waals surface area contributed by atoms with Crippen molar-refractivity contribution in [3.8, 4) is 11.5 Å². The number of hydrogen-bond acceptors (Lipinski definition) is 9. The molecule has 0 radical (unpaired) electrons. The third-order valence-electron chi connectivity index (χ3n) is 6.35. The average molecular weight is 636 g/mol. The van der Waals surface area contributed by atoms with Crippen LogP contribution in [0, 0.1) is 0 Å². The highest BCUT2D eigenvalue weighted by molar-refractivity contribution is 7.90. The fraction of sp³-hybridized carbons (Fsp3) is 0.484. The van der Waals surface area contributed by atoms with Gasteiger partial charge in [-0.15, -0.1) is 0 Å². The van der Waals surface area contributed by atoms with Gasteiger partial charge >= 0.3 is 30.7 Å². The molecule has 1 atom stereocenters. The summed E-state index contributed by atoms with van der Waals surface area (Å²) < 4.78 is 47.4. The van der Waals surface area contributed by atoms with Crippen molar-refractivity contribution in [1.82, 2.24) is 5.32 Å². The Morgan fingerprint density at radius 1 is 0.953 bits per heavy atom. The highest BCUT2D eigenvalue weighted by atomic mass is 32.2. The van der Waals surface area contributed by atoms with Gasteiger partial charge in [-0.25, -0.2) is 9.59 Å². The van der Waals surface area contributed by atoms with E-state index < -0.39 is 52.5 Å². The molecule has 0 unspecified atom stereocenters. The fourth-order valence-electron chi connectivity index (χ4n) is 4.35. The van der Waals surface area contributed by atoms with Crippen molar-refractivity contribution in [2.45, 2.75) is 90.5 Å². The van der Waals surface area contributed by atoms with E-state index in [1.54, 1.807) is 57.2 Å². The van der Waals surface area contributed by atoms with Gasteiger partial charge in [0.1, 0.15) is 23.1 Å². The fourth-order valence-corrected chi connectivity index (χ4v) is 8.47. The third kappa shape index (κ3) is 10.4. The number of amides is 1. The van der Waals surface area contributed by atoms with Crippen LogP contribution in [0.2, 0.25) is 10.1 Å². The van der Waals surface area contributed by atoms with Gasteiger partial charge in [-0.05, 0) is 56.7 Å². The van der Waals surface area contributed by atoms with E-state index in [9.17, 15) is 22.8 Å². The minimum atomic E-state index is -4.17. The molecule has 0 aromatic heterocycles. The normalized spacial score (nSPS) is 13.7. The van der Waals surface area contributed by atoms with Crippen LogP contribution < -0.4 is 13.9 Å². The Kier molecular flexibility index (Phi) is 11.3. The number of carbonyl (C=O) groups excluding carboxylic acids is 2. The number of nitrogens with one attached hydrogen (secondary N) is 1. The van der Waals surface area contributed by atoms with E-state index in [4.69, 9.17) is 18.1 Å². The van der Waals surface area contributed by atoms with Gasteiger partial charge in [0, 0.05) is 22.1 Å². The molecule has 43 heavy (non-hydrogen) atoms. The van der Waals surface area contributed by atoms with Crippen molar-refractivity contribution in [3.05, 3.63) is 65.1 Å². The summed E-state index contributed by atoms with van der Waals surface area (Å²) in [4.78, 5) is 36.9. The van der Waals surface area contributed by atoms with Gasteiger partial charge in [-0.3, -0.25) is 0 Å².